The largest absolute Gasteiger partial charge is 0.314 e. The Morgan fingerprint density at radius 2 is 1.88 bits per heavy atom. The van der Waals surface area contributed by atoms with Crippen molar-refractivity contribution < 1.29 is 8.42 Å². The molecule has 1 fully saturated rings. The Kier molecular flexibility index (Phi) is 5.17. The van der Waals surface area contributed by atoms with E-state index in [2.05, 4.69) is 10.2 Å². The highest BCUT2D eigenvalue weighted by atomic mass is 32.2. The molecule has 0 aromatic rings. The third kappa shape index (κ3) is 4.01. The average molecular weight is 249 g/mol. The number of nitrogens with zero attached hydrogens (tertiary/aromatic N) is 2. The molecule has 5 nitrogen and oxygen atoms in total. The van der Waals surface area contributed by atoms with Crippen LogP contribution in [0.4, 0.5) is 0 Å². The van der Waals surface area contributed by atoms with Crippen LogP contribution >= 0.6 is 0 Å². The van der Waals surface area contributed by atoms with Crippen molar-refractivity contribution in [3.05, 3.63) is 0 Å². The molecule has 0 radical (unpaired) electrons. The zero-order chi connectivity index (χ0) is 12.2. The Morgan fingerprint density at radius 1 is 1.31 bits per heavy atom. The van der Waals surface area contributed by atoms with Crippen LogP contribution in [-0.4, -0.2) is 69.2 Å². The van der Waals surface area contributed by atoms with Crippen molar-refractivity contribution in [1.29, 1.82) is 0 Å². The fraction of sp³-hybridized carbons (Fsp3) is 1.00. The van der Waals surface area contributed by atoms with Gasteiger partial charge in [-0.15, -0.1) is 0 Å². The van der Waals surface area contributed by atoms with Crippen LogP contribution in [0.25, 0.3) is 0 Å². The van der Waals surface area contributed by atoms with Crippen LogP contribution in [0.5, 0.6) is 0 Å². The second kappa shape index (κ2) is 5.95. The lowest BCUT2D eigenvalue weighted by atomic mass is 10.4. The van der Waals surface area contributed by atoms with Crippen LogP contribution in [0.3, 0.4) is 0 Å². The van der Waals surface area contributed by atoms with Gasteiger partial charge in [-0.1, -0.05) is 0 Å². The van der Waals surface area contributed by atoms with Gasteiger partial charge in [0.15, 0.2) is 0 Å². The van der Waals surface area contributed by atoms with Crippen LogP contribution < -0.4 is 5.32 Å². The lowest BCUT2D eigenvalue weighted by molar-refractivity contribution is 0.252. The minimum Gasteiger partial charge on any atom is -0.314 e. The van der Waals surface area contributed by atoms with Crippen LogP contribution in [0, 0.1) is 0 Å². The molecule has 0 aromatic heterocycles. The summed E-state index contributed by atoms with van der Waals surface area (Å²) in [6, 6.07) is 0.0352. The van der Waals surface area contributed by atoms with Crippen molar-refractivity contribution in [2.45, 2.75) is 19.9 Å². The summed E-state index contributed by atoms with van der Waals surface area (Å²) in [5.74, 6) is 0.224. The summed E-state index contributed by atoms with van der Waals surface area (Å²) in [7, 11) is -1.44. The summed E-state index contributed by atoms with van der Waals surface area (Å²) >= 11 is 0. The fourth-order valence-electron chi connectivity index (χ4n) is 1.64. The third-order valence-electron chi connectivity index (χ3n) is 3.04. The number of sulfonamides is 1. The first-order chi connectivity index (χ1) is 7.43. The molecule has 6 heteroatoms. The van der Waals surface area contributed by atoms with Crippen LogP contribution in [-0.2, 0) is 10.0 Å². The van der Waals surface area contributed by atoms with E-state index in [0.29, 0.717) is 6.54 Å². The lowest BCUT2D eigenvalue weighted by Gasteiger charge is -2.28. The van der Waals surface area contributed by atoms with Crippen LogP contribution in [0.2, 0.25) is 0 Å². The second-order valence-corrected chi connectivity index (χ2v) is 6.67. The van der Waals surface area contributed by atoms with Gasteiger partial charge in [0, 0.05) is 45.8 Å². The molecule has 1 aliphatic heterocycles. The maximum absolute atomic E-state index is 11.9. The van der Waals surface area contributed by atoms with E-state index in [0.717, 1.165) is 26.2 Å². The minimum atomic E-state index is -3.09. The molecule has 0 saturated carbocycles. The molecule has 1 saturated heterocycles. The molecule has 0 bridgehead atoms. The Hall–Kier alpha value is -0.170. The zero-order valence-corrected chi connectivity index (χ0v) is 11.3. The highest BCUT2D eigenvalue weighted by molar-refractivity contribution is 7.89. The van der Waals surface area contributed by atoms with E-state index in [1.165, 1.54) is 4.31 Å². The Balaban J connectivity index is 2.41. The molecule has 1 N–H and O–H groups in total. The van der Waals surface area contributed by atoms with Gasteiger partial charge in [0.25, 0.3) is 0 Å². The SMILES string of the molecule is CC(C)N(C)S(=O)(=O)CCN1CCNCC1. The van der Waals surface area contributed by atoms with Gasteiger partial charge in [0.05, 0.1) is 5.75 Å². The van der Waals surface area contributed by atoms with Crippen molar-refractivity contribution in [2.24, 2.45) is 0 Å². The van der Waals surface area contributed by atoms with E-state index in [4.69, 9.17) is 0 Å². The number of rotatable bonds is 5. The number of nitrogens with one attached hydrogen (secondary N) is 1. The summed E-state index contributed by atoms with van der Waals surface area (Å²) in [5.41, 5.74) is 0. The molecular weight excluding hydrogens is 226 g/mol. The number of piperazine rings is 1. The van der Waals surface area contributed by atoms with E-state index >= 15 is 0 Å². The monoisotopic (exact) mass is 249 g/mol. The van der Waals surface area contributed by atoms with E-state index in [1.54, 1.807) is 7.05 Å². The standard InChI is InChI=1S/C10H23N3O2S/c1-10(2)12(3)16(14,15)9-8-13-6-4-11-5-7-13/h10-11H,4-9H2,1-3H3. The quantitative estimate of drug-likeness (QED) is 0.718. The van der Waals surface area contributed by atoms with E-state index in [-0.39, 0.29) is 11.8 Å². The normalized spacial score (nSPS) is 19.6. The molecular formula is C10H23N3O2S. The first kappa shape index (κ1) is 13.9. The molecule has 0 atom stereocenters. The highest BCUT2D eigenvalue weighted by Gasteiger charge is 2.21. The molecule has 16 heavy (non-hydrogen) atoms. The predicted octanol–water partition coefficient (Wildman–Crippen LogP) is -0.438. The first-order valence-electron chi connectivity index (χ1n) is 5.82. The summed E-state index contributed by atoms with van der Waals surface area (Å²) in [5, 5.41) is 3.25. The molecule has 0 aliphatic carbocycles. The van der Waals surface area contributed by atoms with Gasteiger partial charge in [0.1, 0.15) is 0 Å². The van der Waals surface area contributed by atoms with Crippen molar-refractivity contribution >= 4 is 10.0 Å². The average Bonchev–Trinajstić information content (AvgIpc) is 2.27. The summed E-state index contributed by atoms with van der Waals surface area (Å²) in [6.45, 7) is 8.23. The van der Waals surface area contributed by atoms with Gasteiger partial charge in [-0.25, -0.2) is 12.7 Å². The first-order valence-corrected chi connectivity index (χ1v) is 7.43. The van der Waals surface area contributed by atoms with Crippen molar-refractivity contribution in [2.75, 3.05) is 45.5 Å². The van der Waals surface area contributed by atoms with Crippen LogP contribution in [0.1, 0.15) is 13.8 Å². The molecule has 1 aliphatic rings. The third-order valence-corrected chi connectivity index (χ3v) is 5.04. The van der Waals surface area contributed by atoms with Gasteiger partial charge < -0.3 is 5.32 Å². The zero-order valence-electron chi connectivity index (χ0n) is 10.4. The minimum absolute atomic E-state index is 0.0352. The van der Waals surface area contributed by atoms with Gasteiger partial charge in [-0.3, -0.25) is 4.90 Å². The van der Waals surface area contributed by atoms with Crippen molar-refractivity contribution in [3.63, 3.8) is 0 Å². The Bertz CT molecular complexity index is 297. The summed E-state index contributed by atoms with van der Waals surface area (Å²) < 4.78 is 25.3. The summed E-state index contributed by atoms with van der Waals surface area (Å²) in [6.07, 6.45) is 0. The summed E-state index contributed by atoms with van der Waals surface area (Å²) in [4.78, 5) is 2.20. The number of hydrogen-bond donors (Lipinski definition) is 1. The molecule has 96 valence electrons. The van der Waals surface area contributed by atoms with Crippen molar-refractivity contribution in [1.82, 2.24) is 14.5 Å². The molecule has 0 aromatic carbocycles. The maximum atomic E-state index is 11.9. The molecule has 0 amide bonds. The molecule has 1 rings (SSSR count). The highest BCUT2D eigenvalue weighted by Crippen LogP contribution is 2.04. The predicted molar refractivity (Wildman–Crippen MR) is 66.0 cm³/mol. The van der Waals surface area contributed by atoms with Crippen molar-refractivity contribution in [3.8, 4) is 0 Å². The Labute approximate surface area is 98.8 Å². The van der Waals surface area contributed by atoms with Gasteiger partial charge >= 0.3 is 0 Å². The Morgan fingerprint density at radius 3 is 2.38 bits per heavy atom. The lowest BCUT2D eigenvalue weighted by Crippen LogP contribution is -2.46. The van der Waals surface area contributed by atoms with E-state index in [1.807, 2.05) is 13.8 Å². The smallest absolute Gasteiger partial charge is 0.215 e. The topological polar surface area (TPSA) is 52.7 Å². The second-order valence-electron chi connectivity index (χ2n) is 4.52. The number of hydrogen-bond acceptors (Lipinski definition) is 4. The molecule has 0 spiro atoms. The van der Waals surface area contributed by atoms with Crippen LogP contribution in [0.15, 0.2) is 0 Å². The van der Waals surface area contributed by atoms with E-state index in [9.17, 15) is 8.42 Å². The molecule has 0 unspecified atom stereocenters. The van der Waals surface area contributed by atoms with Gasteiger partial charge in [-0.05, 0) is 13.8 Å². The van der Waals surface area contributed by atoms with Gasteiger partial charge in [0.2, 0.25) is 10.0 Å². The maximum Gasteiger partial charge on any atom is 0.215 e. The molecule has 1 heterocycles. The van der Waals surface area contributed by atoms with E-state index < -0.39 is 10.0 Å². The fourth-order valence-corrected chi connectivity index (χ4v) is 3.06. The van der Waals surface area contributed by atoms with Gasteiger partial charge in [-0.2, -0.15) is 0 Å².